The third kappa shape index (κ3) is 2.14. The Hall–Kier alpha value is -2.34. The van der Waals surface area contributed by atoms with E-state index in [1.807, 2.05) is 0 Å². The summed E-state index contributed by atoms with van der Waals surface area (Å²) in [4.78, 5) is 4.02. The Morgan fingerprint density at radius 1 is 1.25 bits per heavy atom. The standard InChI is InChI=1S/C14H12F2N4/c15-11-3-1-2-9(14(11)16)6-12(17)10-7-19-20-5-4-18-8-13(10)20/h1-5,7-8,12H,6,17H2. The fourth-order valence-electron chi connectivity index (χ4n) is 2.19. The molecule has 3 rings (SSSR count). The predicted octanol–water partition coefficient (Wildman–Crippen LogP) is 2.25. The predicted molar refractivity (Wildman–Crippen MR) is 70.0 cm³/mol. The summed E-state index contributed by atoms with van der Waals surface area (Å²) in [6, 6.07) is 3.61. The van der Waals surface area contributed by atoms with Gasteiger partial charge in [-0.1, -0.05) is 12.1 Å². The summed E-state index contributed by atoms with van der Waals surface area (Å²) in [5, 5.41) is 4.15. The van der Waals surface area contributed by atoms with Gasteiger partial charge in [-0.05, 0) is 18.1 Å². The van der Waals surface area contributed by atoms with E-state index in [4.69, 9.17) is 5.73 Å². The summed E-state index contributed by atoms with van der Waals surface area (Å²) < 4.78 is 28.5. The molecule has 0 spiro atoms. The van der Waals surface area contributed by atoms with Crippen LogP contribution in [0.25, 0.3) is 5.52 Å². The molecule has 0 fully saturated rings. The number of halogens is 2. The smallest absolute Gasteiger partial charge is 0.162 e. The number of nitrogens with zero attached hydrogens (tertiary/aromatic N) is 3. The molecule has 102 valence electrons. The SMILES string of the molecule is NC(Cc1cccc(F)c1F)c1cnn2ccncc12. The Labute approximate surface area is 113 Å². The van der Waals surface area contributed by atoms with Gasteiger partial charge >= 0.3 is 0 Å². The minimum absolute atomic E-state index is 0.194. The maximum Gasteiger partial charge on any atom is 0.162 e. The molecule has 0 saturated carbocycles. The van der Waals surface area contributed by atoms with E-state index in [0.717, 1.165) is 17.1 Å². The molecule has 1 unspecified atom stereocenters. The molecule has 1 aromatic carbocycles. The van der Waals surface area contributed by atoms with Crippen LogP contribution in [0.2, 0.25) is 0 Å². The van der Waals surface area contributed by atoms with E-state index in [1.54, 1.807) is 29.3 Å². The maximum atomic E-state index is 13.7. The van der Waals surface area contributed by atoms with Crippen molar-refractivity contribution in [3.05, 3.63) is 65.7 Å². The number of nitrogens with two attached hydrogens (primary N) is 1. The molecule has 2 N–H and O–H groups in total. The summed E-state index contributed by atoms with van der Waals surface area (Å²) in [6.07, 6.45) is 6.78. The van der Waals surface area contributed by atoms with Crippen molar-refractivity contribution in [1.29, 1.82) is 0 Å². The second kappa shape index (κ2) is 4.97. The Balaban J connectivity index is 1.93. The number of benzene rings is 1. The van der Waals surface area contributed by atoms with Gasteiger partial charge in [0.25, 0.3) is 0 Å². The van der Waals surface area contributed by atoms with Gasteiger partial charge in [-0.15, -0.1) is 0 Å². The van der Waals surface area contributed by atoms with Gasteiger partial charge < -0.3 is 5.73 Å². The highest BCUT2D eigenvalue weighted by Gasteiger charge is 2.16. The van der Waals surface area contributed by atoms with Gasteiger partial charge in [0.2, 0.25) is 0 Å². The molecule has 6 heteroatoms. The van der Waals surface area contributed by atoms with Crippen LogP contribution in [-0.4, -0.2) is 14.6 Å². The molecule has 3 aromatic rings. The van der Waals surface area contributed by atoms with Gasteiger partial charge in [0.15, 0.2) is 11.6 Å². The lowest BCUT2D eigenvalue weighted by atomic mass is 10.0. The molecule has 0 aliphatic rings. The van der Waals surface area contributed by atoms with Crippen molar-refractivity contribution >= 4 is 5.52 Å². The Bertz CT molecular complexity index is 754. The van der Waals surface area contributed by atoms with Gasteiger partial charge in [0.05, 0.1) is 17.9 Å². The summed E-state index contributed by atoms with van der Waals surface area (Å²) in [7, 11) is 0. The van der Waals surface area contributed by atoms with Crippen LogP contribution in [0.3, 0.4) is 0 Å². The Kier molecular flexibility index (Phi) is 3.15. The molecule has 2 heterocycles. The third-order valence-corrected chi connectivity index (χ3v) is 3.23. The van der Waals surface area contributed by atoms with Crippen LogP contribution >= 0.6 is 0 Å². The summed E-state index contributed by atoms with van der Waals surface area (Å²) in [5.41, 5.74) is 7.85. The second-order valence-electron chi connectivity index (χ2n) is 4.53. The minimum Gasteiger partial charge on any atom is -0.324 e. The molecular weight excluding hydrogens is 262 g/mol. The number of rotatable bonds is 3. The van der Waals surface area contributed by atoms with Crippen molar-refractivity contribution in [3.63, 3.8) is 0 Å². The van der Waals surface area contributed by atoms with E-state index >= 15 is 0 Å². The first-order chi connectivity index (χ1) is 9.66. The van der Waals surface area contributed by atoms with E-state index in [9.17, 15) is 8.78 Å². The highest BCUT2D eigenvalue weighted by atomic mass is 19.2. The van der Waals surface area contributed by atoms with Crippen LogP contribution in [0.15, 0.2) is 43.0 Å². The maximum absolute atomic E-state index is 13.7. The molecule has 0 bridgehead atoms. The van der Waals surface area contributed by atoms with Crippen molar-refractivity contribution in [3.8, 4) is 0 Å². The van der Waals surface area contributed by atoms with E-state index in [2.05, 4.69) is 10.1 Å². The normalized spacial score (nSPS) is 12.8. The largest absolute Gasteiger partial charge is 0.324 e. The fraction of sp³-hybridized carbons (Fsp3) is 0.143. The van der Waals surface area contributed by atoms with Gasteiger partial charge in [-0.2, -0.15) is 5.10 Å². The van der Waals surface area contributed by atoms with Crippen molar-refractivity contribution in [2.75, 3.05) is 0 Å². The van der Waals surface area contributed by atoms with Gasteiger partial charge in [-0.3, -0.25) is 4.98 Å². The Morgan fingerprint density at radius 3 is 2.95 bits per heavy atom. The zero-order chi connectivity index (χ0) is 14.1. The topological polar surface area (TPSA) is 56.2 Å². The third-order valence-electron chi connectivity index (χ3n) is 3.23. The number of fused-ring (bicyclic) bond motifs is 1. The van der Waals surface area contributed by atoms with Crippen LogP contribution < -0.4 is 5.73 Å². The van der Waals surface area contributed by atoms with E-state index in [0.29, 0.717) is 0 Å². The van der Waals surface area contributed by atoms with E-state index in [1.165, 1.54) is 12.1 Å². The first kappa shape index (κ1) is 12.7. The minimum atomic E-state index is -0.865. The lowest BCUT2D eigenvalue weighted by Crippen LogP contribution is -2.14. The molecule has 0 amide bonds. The lowest BCUT2D eigenvalue weighted by molar-refractivity contribution is 0.494. The summed E-state index contributed by atoms with van der Waals surface area (Å²) >= 11 is 0. The molecule has 20 heavy (non-hydrogen) atoms. The molecule has 0 aliphatic carbocycles. The van der Waals surface area contributed by atoms with Crippen molar-refractivity contribution in [2.24, 2.45) is 5.73 Å². The molecule has 0 aliphatic heterocycles. The molecule has 0 radical (unpaired) electrons. The Morgan fingerprint density at radius 2 is 2.10 bits per heavy atom. The highest BCUT2D eigenvalue weighted by molar-refractivity contribution is 5.53. The number of hydrogen-bond acceptors (Lipinski definition) is 3. The number of aromatic nitrogens is 3. The van der Waals surface area contributed by atoms with Crippen molar-refractivity contribution in [2.45, 2.75) is 12.5 Å². The van der Waals surface area contributed by atoms with Crippen LogP contribution in [0.1, 0.15) is 17.2 Å². The van der Waals surface area contributed by atoms with Gasteiger partial charge in [0.1, 0.15) is 0 Å². The average Bonchev–Trinajstić information content (AvgIpc) is 2.88. The number of hydrogen-bond donors (Lipinski definition) is 1. The first-order valence-electron chi connectivity index (χ1n) is 6.12. The van der Waals surface area contributed by atoms with Crippen LogP contribution in [0.5, 0.6) is 0 Å². The second-order valence-corrected chi connectivity index (χ2v) is 4.53. The zero-order valence-electron chi connectivity index (χ0n) is 10.5. The van der Waals surface area contributed by atoms with Crippen LogP contribution in [0, 0.1) is 11.6 Å². The summed E-state index contributed by atoms with van der Waals surface area (Å²) in [6.45, 7) is 0. The van der Waals surface area contributed by atoms with E-state index < -0.39 is 17.7 Å². The van der Waals surface area contributed by atoms with Crippen molar-refractivity contribution < 1.29 is 8.78 Å². The fourth-order valence-corrected chi connectivity index (χ4v) is 2.19. The molecule has 1 atom stereocenters. The van der Waals surface area contributed by atoms with E-state index in [-0.39, 0.29) is 12.0 Å². The summed E-state index contributed by atoms with van der Waals surface area (Å²) in [5.74, 6) is -1.71. The van der Waals surface area contributed by atoms with Crippen molar-refractivity contribution in [1.82, 2.24) is 14.6 Å². The zero-order valence-corrected chi connectivity index (χ0v) is 10.5. The van der Waals surface area contributed by atoms with Crippen LogP contribution in [-0.2, 0) is 6.42 Å². The molecular formula is C14H12F2N4. The molecule has 4 nitrogen and oxygen atoms in total. The van der Waals surface area contributed by atoms with Gasteiger partial charge in [0, 0.05) is 24.0 Å². The highest BCUT2D eigenvalue weighted by Crippen LogP contribution is 2.22. The molecule has 0 saturated heterocycles. The average molecular weight is 274 g/mol. The first-order valence-corrected chi connectivity index (χ1v) is 6.12. The lowest BCUT2D eigenvalue weighted by Gasteiger charge is -2.11. The monoisotopic (exact) mass is 274 g/mol. The van der Waals surface area contributed by atoms with Crippen LogP contribution in [0.4, 0.5) is 8.78 Å². The van der Waals surface area contributed by atoms with Gasteiger partial charge in [-0.25, -0.2) is 13.3 Å². The molecule has 2 aromatic heterocycles. The quantitative estimate of drug-likeness (QED) is 0.797.